The number of hydrogen-bond acceptors (Lipinski definition) is 18. The lowest BCUT2D eigenvalue weighted by Crippen LogP contribution is -2.66. The number of unbranched alkanes of at least 4 members (excludes halogenated alkanes) is 22. The van der Waals surface area contributed by atoms with Crippen LogP contribution in [0.25, 0.3) is 0 Å². The van der Waals surface area contributed by atoms with Gasteiger partial charge in [0, 0.05) is 6.42 Å². The second-order valence-electron chi connectivity index (χ2n) is 26.7. The molecule has 0 spiro atoms. The number of carbonyl (C=O) groups is 1. The van der Waals surface area contributed by atoms with Crippen LogP contribution in [0.5, 0.6) is 0 Å². The van der Waals surface area contributed by atoms with Crippen molar-refractivity contribution in [2.24, 2.45) is 0 Å². The Balaban J connectivity index is 1.31. The summed E-state index contributed by atoms with van der Waals surface area (Å²) in [5.74, 6) is -0.294. The van der Waals surface area contributed by atoms with Gasteiger partial charge in [-0.2, -0.15) is 0 Å². The molecule has 0 bridgehead atoms. The van der Waals surface area contributed by atoms with Gasteiger partial charge in [-0.05, 0) is 109 Å². The maximum Gasteiger partial charge on any atom is 0.220 e. The highest BCUT2D eigenvalue weighted by Gasteiger charge is 2.53. The maximum absolute atomic E-state index is 13.4. The average molecular weight is 1410 g/mol. The predicted octanol–water partition coefficient (Wildman–Crippen LogP) is 12.1. The van der Waals surface area contributed by atoms with E-state index in [1.165, 1.54) is 96.3 Å². The van der Waals surface area contributed by atoms with Crippen molar-refractivity contribution in [1.29, 1.82) is 0 Å². The Hall–Kier alpha value is -4.07. The molecule has 0 radical (unpaired) electrons. The molecule has 19 nitrogen and oxygen atoms in total. The second-order valence-corrected chi connectivity index (χ2v) is 26.7. The Morgan fingerprint density at radius 1 is 0.370 bits per heavy atom. The molecular formula is C81H135NO18. The fourth-order valence-corrected chi connectivity index (χ4v) is 12.0. The Morgan fingerprint density at radius 3 is 1.12 bits per heavy atom. The summed E-state index contributed by atoms with van der Waals surface area (Å²) in [6.07, 6.45) is 58.8. The van der Waals surface area contributed by atoms with Crippen molar-refractivity contribution in [2.45, 2.75) is 343 Å². The third-order valence-corrected chi connectivity index (χ3v) is 18.2. The van der Waals surface area contributed by atoms with Crippen LogP contribution in [0.3, 0.4) is 0 Å². The lowest BCUT2D eigenvalue weighted by atomic mass is 9.96. The highest BCUT2D eigenvalue weighted by atomic mass is 16.8. The minimum absolute atomic E-state index is 0.225. The minimum Gasteiger partial charge on any atom is -0.394 e. The first-order chi connectivity index (χ1) is 48.8. The van der Waals surface area contributed by atoms with Crippen LogP contribution >= 0.6 is 0 Å². The Bertz CT molecular complexity index is 2330. The molecule has 3 aliphatic rings. The van der Waals surface area contributed by atoms with Gasteiger partial charge in [0.05, 0.1) is 38.6 Å². The van der Waals surface area contributed by atoms with Gasteiger partial charge in [-0.15, -0.1) is 0 Å². The van der Waals surface area contributed by atoms with Gasteiger partial charge < -0.3 is 89.9 Å². The van der Waals surface area contributed by atoms with E-state index >= 15 is 0 Å². The van der Waals surface area contributed by atoms with Gasteiger partial charge in [0.1, 0.15) is 73.2 Å². The standard InChI is InChI=1S/C81H135NO18/c1-3-5-7-9-11-13-15-17-19-20-21-22-23-24-25-26-27-28-29-30-31-32-33-34-35-36-37-38-39-40-41-42-43-44-45-47-49-51-53-55-57-59-69(87)82-64(65(86)58-56-54-52-50-48-46-18-16-14-12-10-8-6-4-2)63-95-79-75(93)72(90)77(67(61-84)97-79)100-81-76(94)73(91)78(68(62-85)98-81)99-80-74(92)71(89)70(88)66(60-83)96-80/h5,7,11,13-14,16-17,19,21-22,24-25,27-28,30-31,33-34,48,50,56,58,64-68,70-81,83-86,88-94H,3-4,6,8-10,12,15,18,20,23,26,29,32,35-47,49,51-55,57,59-63H2,1-2H3,(H,82,87)/b7-5-,13-11-,16-14+,19-17-,22-21-,25-24-,28-27-,31-30-,34-33-,50-48+,58-56+. The molecule has 1 amide bonds. The van der Waals surface area contributed by atoms with E-state index in [9.17, 15) is 61.0 Å². The van der Waals surface area contributed by atoms with Crippen molar-refractivity contribution < 1.29 is 89.4 Å². The van der Waals surface area contributed by atoms with Gasteiger partial charge >= 0.3 is 0 Å². The largest absolute Gasteiger partial charge is 0.394 e. The summed E-state index contributed by atoms with van der Waals surface area (Å²) >= 11 is 0. The fraction of sp³-hybridized carbons (Fsp3) is 0.716. The number of aliphatic hydroxyl groups excluding tert-OH is 11. The Morgan fingerprint density at radius 2 is 0.700 bits per heavy atom. The van der Waals surface area contributed by atoms with Crippen LogP contribution in [-0.4, -0.2) is 193 Å². The molecule has 3 saturated heterocycles. The van der Waals surface area contributed by atoms with Crippen LogP contribution in [0.1, 0.15) is 239 Å². The highest BCUT2D eigenvalue weighted by molar-refractivity contribution is 5.76. The molecule has 12 N–H and O–H groups in total. The molecule has 3 fully saturated rings. The summed E-state index contributed by atoms with van der Waals surface area (Å²) in [6.45, 7) is 1.55. The van der Waals surface area contributed by atoms with Crippen LogP contribution in [-0.2, 0) is 33.2 Å². The third-order valence-electron chi connectivity index (χ3n) is 18.2. The highest BCUT2D eigenvalue weighted by Crippen LogP contribution is 2.33. The summed E-state index contributed by atoms with van der Waals surface area (Å²) < 4.78 is 34.3. The Kier molecular flexibility index (Phi) is 54.3. The van der Waals surface area contributed by atoms with Crippen LogP contribution < -0.4 is 5.32 Å². The van der Waals surface area contributed by atoms with E-state index in [1.807, 2.05) is 6.08 Å². The van der Waals surface area contributed by atoms with E-state index in [1.54, 1.807) is 6.08 Å². The smallest absolute Gasteiger partial charge is 0.220 e. The summed E-state index contributed by atoms with van der Waals surface area (Å²) in [4.78, 5) is 13.4. The van der Waals surface area contributed by atoms with Gasteiger partial charge in [-0.25, -0.2) is 0 Å². The number of allylic oxidation sites excluding steroid dienone is 21. The lowest BCUT2D eigenvalue weighted by Gasteiger charge is -2.48. The molecule has 19 heteroatoms. The molecule has 0 aromatic heterocycles. The van der Waals surface area contributed by atoms with E-state index in [0.29, 0.717) is 12.8 Å². The normalized spacial score (nSPS) is 27.2. The average Bonchev–Trinajstić information content (AvgIpc) is 0.783. The minimum atomic E-state index is -1.99. The number of amides is 1. The molecule has 100 heavy (non-hydrogen) atoms. The summed E-state index contributed by atoms with van der Waals surface area (Å²) in [5.41, 5.74) is 0. The van der Waals surface area contributed by atoms with E-state index < -0.39 is 124 Å². The zero-order valence-electron chi connectivity index (χ0n) is 60.9. The zero-order chi connectivity index (χ0) is 72.5. The fourth-order valence-electron chi connectivity index (χ4n) is 12.0. The summed E-state index contributed by atoms with van der Waals surface area (Å²) in [5, 5.41) is 121. The van der Waals surface area contributed by atoms with Gasteiger partial charge in [-0.3, -0.25) is 4.79 Å². The molecule has 3 heterocycles. The predicted molar refractivity (Wildman–Crippen MR) is 396 cm³/mol. The van der Waals surface area contributed by atoms with Crippen LogP contribution in [0, 0.1) is 0 Å². The van der Waals surface area contributed by atoms with Crippen molar-refractivity contribution in [3.8, 4) is 0 Å². The molecule has 0 aromatic carbocycles. The van der Waals surface area contributed by atoms with Gasteiger partial charge in [-0.1, -0.05) is 257 Å². The van der Waals surface area contributed by atoms with Crippen LogP contribution in [0.4, 0.5) is 0 Å². The molecule has 17 atom stereocenters. The lowest BCUT2D eigenvalue weighted by molar-refractivity contribution is -0.379. The molecule has 0 aromatic rings. The van der Waals surface area contributed by atoms with E-state index in [0.717, 1.165) is 109 Å². The SMILES string of the molecule is CC/C=C\C/C=C\C/C=C\C/C=C\C/C=C\C/C=C\C/C=C\C/C=C\CCCCCCCCCCCCCCCCCCC(=O)NC(COC1OC(CO)C(OC2OC(CO)C(OC3OC(CO)C(O)C(O)C3O)C(O)C2O)C(O)C1O)C(O)/C=C/CC/C=C/CC/C=C/CCCCCC. The maximum atomic E-state index is 13.4. The number of carbonyl (C=O) groups excluding carboxylic acids is 1. The second kappa shape index (κ2) is 60.2. The molecular weight excluding hydrogens is 1270 g/mol. The molecule has 0 aliphatic carbocycles. The molecule has 572 valence electrons. The summed E-state index contributed by atoms with van der Waals surface area (Å²) in [7, 11) is 0. The van der Waals surface area contributed by atoms with E-state index in [2.05, 4.69) is 141 Å². The number of aliphatic hydroxyl groups is 11. The van der Waals surface area contributed by atoms with Gasteiger partial charge in [0.15, 0.2) is 18.9 Å². The van der Waals surface area contributed by atoms with Gasteiger partial charge in [0.25, 0.3) is 0 Å². The number of rotatable bonds is 58. The molecule has 3 aliphatic heterocycles. The van der Waals surface area contributed by atoms with Crippen LogP contribution in [0.2, 0.25) is 0 Å². The van der Waals surface area contributed by atoms with Crippen LogP contribution in [0.15, 0.2) is 134 Å². The van der Waals surface area contributed by atoms with Crippen molar-refractivity contribution in [2.75, 3.05) is 26.4 Å². The van der Waals surface area contributed by atoms with E-state index in [4.69, 9.17) is 28.4 Å². The Labute approximate surface area is 600 Å². The number of ether oxygens (including phenoxy) is 6. The molecule has 0 saturated carbocycles. The number of nitrogens with one attached hydrogen (secondary N) is 1. The topological polar surface area (TPSA) is 307 Å². The van der Waals surface area contributed by atoms with Crippen molar-refractivity contribution in [3.05, 3.63) is 134 Å². The van der Waals surface area contributed by atoms with Gasteiger partial charge in [0.2, 0.25) is 5.91 Å². The third kappa shape index (κ3) is 40.3. The first kappa shape index (κ1) is 90.1. The zero-order valence-corrected chi connectivity index (χ0v) is 60.9. The first-order valence-electron chi connectivity index (χ1n) is 38.4. The quantitative estimate of drug-likeness (QED) is 0.0199. The van der Waals surface area contributed by atoms with Crippen molar-refractivity contribution >= 4 is 5.91 Å². The number of hydrogen-bond donors (Lipinski definition) is 12. The van der Waals surface area contributed by atoms with Crippen molar-refractivity contribution in [1.82, 2.24) is 5.32 Å². The summed E-state index contributed by atoms with van der Waals surface area (Å²) in [6, 6.07) is -1.00. The first-order valence-corrected chi connectivity index (χ1v) is 38.4. The van der Waals surface area contributed by atoms with E-state index in [-0.39, 0.29) is 18.9 Å². The molecule has 17 unspecified atom stereocenters. The molecule has 3 rings (SSSR count). The van der Waals surface area contributed by atoms with Crippen molar-refractivity contribution in [3.63, 3.8) is 0 Å². The monoisotopic (exact) mass is 1410 g/mol.